The molecule has 6 nitrogen and oxygen atoms in total. The fourth-order valence-electron chi connectivity index (χ4n) is 2.70. The summed E-state index contributed by atoms with van der Waals surface area (Å²) in [5, 5.41) is 2.30. The topological polar surface area (TPSA) is 71.5 Å². The second-order valence-electron chi connectivity index (χ2n) is 7.28. The van der Waals surface area contributed by atoms with Crippen molar-refractivity contribution in [2.24, 2.45) is 0 Å². The smallest absolute Gasteiger partial charge is 0.433 e. The van der Waals surface area contributed by atoms with Gasteiger partial charge in [-0.2, -0.15) is 13.2 Å². The molecule has 1 aromatic rings. The molecule has 1 aliphatic rings. The van der Waals surface area contributed by atoms with E-state index in [1.54, 1.807) is 20.8 Å². The van der Waals surface area contributed by atoms with Crippen molar-refractivity contribution < 1.29 is 27.5 Å². The summed E-state index contributed by atoms with van der Waals surface area (Å²) in [7, 11) is 0. The van der Waals surface area contributed by atoms with Crippen LogP contribution in [0.1, 0.15) is 37.6 Å². The molecule has 0 aliphatic carbocycles. The third kappa shape index (κ3) is 5.24. The number of carbonyl (C=O) groups is 2. The van der Waals surface area contributed by atoms with Gasteiger partial charge in [0.1, 0.15) is 22.5 Å². The number of amides is 2. The van der Waals surface area contributed by atoms with Crippen LogP contribution in [0.5, 0.6) is 0 Å². The van der Waals surface area contributed by atoms with Gasteiger partial charge in [-0.3, -0.25) is 9.69 Å². The maximum Gasteiger partial charge on any atom is 0.433 e. The number of ether oxygens (including phenoxy) is 1. The molecule has 0 saturated carbocycles. The van der Waals surface area contributed by atoms with Crippen molar-refractivity contribution in [1.82, 2.24) is 15.2 Å². The zero-order valence-corrected chi connectivity index (χ0v) is 16.2. The average Bonchev–Trinajstić information content (AvgIpc) is 2.49. The number of aryl methyl sites for hydroxylation is 1. The molecule has 1 atom stereocenters. The minimum atomic E-state index is -4.63. The first-order valence-corrected chi connectivity index (χ1v) is 8.68. The Hall–Kier alpha value is -2.03. The Kier molecular flexibility index (Phi) is 5.94. The van der Waals surface area contributed by atoms with Crippen molar-refractivity contribution in [3.63, 3.8) is 0 Å². The van der Waals surface area contributed by atoms with Crippen molar-refractivity contribution in [2.45, 2.75) is 51.9 Å². The van der Waals surface area contributed by atoms with Crippen molar-refractivity contribution >= 4 is 23.6 Å². The number of alkyl halides is 3. The van der Waals surface area contributed by atoms with E-state index < -0.39 is 35.5 Å². The third-order valence-corrected chi connectivity index (χ3v) is 4.26. The summed E-state index contributed by atoms with van der Waals surface area (Å²) >= 11 is 5.96. The van der Waals surface area contributed by atoms with Crippen LogP contribution in [0.3, 0.4) is 0 Å². The molecule has 2 heterocycles. The number of nitrogens with zero attached hydrogens (tertiary/aromatic N) is 2. The van der Waals surface area contributed by atoms with Crippen LogP contribution in [0.15, 0.2) is 6.07 Å². The molecule has 0 bridgehead atoms. The van der Waals surface area contributed by atoms with Gasteiger partial charge in [-0.25, -0.2) is 9.78 Å². The van der Waals surface area contributed by atoms with Crippen LogP contribution < -0.4 is 5.32 Å². The van der Waals surface area contributed by atoms with Gasteiger partial charge in [-0.1, -0.05) is 11.6 Å². The molecule has 1 fully saturated rings. The quantitative estimate of drug-likeness (QED) is 0.763. The van der Waals surface area contributed by atoms with Crippen LogP contribution in [0, 0.1) is 6.92 Å². The van der Waals surface area contributed by atoms with Gasteiger partial charge >= 0.3 is 12.3 Å². The monoisotopic (exact) mass is 407 g/mol. The van der Waals surface area contributed by atoms with E-state index in [0.717, 1.165) is 6.07 Å². The molecule has 10 heteroatoms. The Morgan fingerprint density at radius 1 is 1.41 bits per heavy atom. The summed E-state index contributed by atoms with van der Waals surface area (Å²) < 4.78 is 43.9. The first kappa shape index (κ1) is 21.3. The lowest BCUT2D eigenvalue weighted by atomic mass is 9.99. The predicted octanol–water partition coefficient (Wildman–Crippen LogP) is 3.34. The van der Waals surface area contributed by atoms with E-state index in [9.17, 15) is 22.8 Å². The zero-order chi connectivity index (χ0) is 20.6. The normalized spacial score (nSPS) is 18.3. The molecule has 1 N–H and O–H groups in total. The lowest BCUT2D eigenvalue weighted by molar-refractivity contribution is -0.141. The lowest BCUT2D eigenvalue weighted by Gasteiger charge is -2.36. The van der Waals surface area contributed by atoms with Crippen molar-refractivity contribution in [2.75, 3.05) is 13.1 Å². The van der Waals surface area contributed by atoms with Crippen molar-refractivity contribution in [1.29, 1.82) is 0 Å². The maximum absolute atomic E-state index is 12.9. The Morgan fingerprint density at radius 3 is 2.56 bits per heavy atom. The number of halogens is 4. The fourth-order valence-corrected chi connectivity index (χ4v) is 3.02. The molecular formula is C17H21ClF3N3O3. The standard InChI is InChI=1S/C17H21ClF3N3O3/c1-9-7-12(17(19,20)21)23-13(18)10(9)8-11-14(25)22-5-6-24(11)15(26)27-16(2,3)4/h7,11H,5-6,8H2,1-4H3,(H,22,25). The molecule has 1 aliphatic heterocycles. The number of hydrogen-bond donors (Lipinski definition) is 1. The Labute approximate surface area is 160 Å². The van der Waals surface area contributed by atoms with Gasteiger partial charge in [0.2, 0.25) is 5.91 Å². The van der Waals surface area contributed by atoms with Crippen LogP contribution in [-0.2, 0) is 22.1 Å². The van der Waals surface area contributed by atoms with E-state index in [4.69, 9.17) is 16.3 Å². The van der Waals surface area contributed by atoms with Crippen LogP contribution in [0.25, 0.3) is 0 Å². The highest BCUT2D eigenvalue weighted by Gasteiger charge is 2.38. The molecule has 2 amide bonds. The van der Waals surface area contributed by atoms with Gasteiger partial charge in [0, 0.05) is 19.5 Å². The average molecular weight is 408 g/mol. The van der Waals surface area contributed by atoms with Gasteiger partial charge < -0.3 is 10.1 Å². The Bertz CT molecular complexity index is 724. The van der Waals surface area contributed by atoms with Crippen molar-refractivity contribution in [3.05, 3.63) is 28.0 Å². The molecular weight excluding hydrogens is 387 g/mol. The first-order chi connectivity index (χ1) is 12.3. The highest BCUT2D eigenvalue weighted by Crippen LogP contribution is 2.32. The summed E-state index contributed by atoms with van der Waals surface area (Å²) in [4.78, 5) is 29.4. The van der Waals surface area contributed by atoms with E-state index >= 15 is 0 Å². The number of aromatic nitrogens is 1. The maximum atomic E-state index is 12.9. The SMILES string of the molecule is Cc1cc(C(F)(F)F)nc(Cl)c1CC1C(=O)NCCN1C(=O)OC(C)(C)C. The number of nitrogens with one attached hydrogen (secondary N) is 1. The third-order valence-electron chi connectivity index (χ3n) is 3.94. The summed E-state index contributed by atoms with van der Waals surface area (Å²) in [5.41, 5.74) is -1.34. The molecule has 2 rings (SSSR count). The summed E-state index contributed by atoms with van der Waals surface area (Å²) in [5.74, 6) is -0.428. The highest BCUT2D eigenvalue weighted by molar-refractivity contribution is 6.30. The minimum Gasteiger partial charge on any atom is -0.444 e. The molecule has 0 spiro atoms. The summed E-state index contributed by atoms with van der Waals surface area (Å²) in [6.07, 6.45) is -5.37. The van der Waals surface area contributed by atoms with Crippen LogP contribution in [0.2, 0.25) is 5.15 Å². The van der Waals surface area contributed by atoms with Crippen LogP contribution >= 0.6 is 11.6 Å². The molecule has 0 aromatic carbocycles. The fraction of sp³-hybridized carbons (Fsp3) is 0.588. The molecule has 1 saturated heterocycles. The zero-order valence-electron chi connectivity index (χ0n) is 15.4. The van der Waals surface area contributed by atoms with E-state index in [1.165, 1.54) is 11.8 Å². The molecule has 1 aromatic heterocycles. The molecule has 1 unspecified atom stereocenters. The van der Waals surface area contributed by atoms with Gasteiger partial charge in [-0.05, 0) is 44.9 Å². The van der Waals surface area contributed by atoms with Gasteiger partial charge in [0.05, 0.1) is 0 Å². The van der Waals surface area contributed by atoms with E-state index in [-0.39, 0.29) is 35.8 Å². The summed E-state index contributed by atoms with van der Waals surface area (Å²) in [6.45, 7) is 7.03. The largest absolute Gasteiger partial charge is 0.444 e. The van der Waals surface area contributed by atoms with Gasteiger partial charge in [0.25, 0.3) is 0 Å². The second-order valence-corrected chi connectivity index (χ2v) is 7.63. The first-order valence-electron chi connectivity index (χ1n) is 8.30. The number of pyridine rings is 1. The number of carbonyl (C=O) groups excluding carboxylic acids is 2. The van der Waals surface area contributed by atoms with E-state index in [2.05, 4.69) is 10.3 Å². The second kappa shape index (κ2) is 7.53. The van der Waals surface area contributed by atoms with Gasteiger partial charge in [0.15, 0.2) is 0 Å². The number of rotatable bonds is 2. The highest BCUT2D eigenvalue weighted by atomic mass is 35.5. The molecule has 0 radical (unpaired) electrons. The van der Waals surface area contributed by atoms with Crippen molar-refractivity contribution in [3.8, 4) is 0 Å². The predicted molar refractivity (Wildman–Crippen MR) is 92.4 cm³/mol. The minimum absolute atomic E-state index is 0.0686. The van der Waals surface area contributed by atoms with Crippen LogP contribution in [-0.4, -0.2) is 46.6 Å². The molecule has 27 heavy (non-hydrogen) atoms. The molecule has 150 valence electrons. The number of piperazine rings is 1. The van der Waals surface area contributed by atoms with Gasteiger partial charge in [-0.15, -0.1) is 0 Å². The van der Waals surface area contributed by atoms with Crippen LogP contribution in [0.4, 0.5) is 18.0 Å². The van der Waals surface area contributed by atoms with E-state index in [0.29, 0.717) is 0 Å². The Morgan fingerprint density at radius 2 is 2.04 bits per heavy atom. The summed E-state index contributed by atoms with van der Waals surface area (Å²) in [6, 6.07) is -0.0805. The Balaban J connectivity index is 2.32. The number of hydrogen-bond acceptors (Lipinski definition) is 4. The lowest BCUT2D eigenvalue weighted by Crippen LogP contribution is -2.58. The van der Waals surface area contributed by atoms with E-state index in [1.807, 2.05) is 0 Å².